The van der Waals surface area contributed by atoms with Gasteiger partial charge in [-0.3, -0.25) is 81.5 Å². The molecule has 130 heavy (non-hydrogen) atoms. The lowest BCUT2D eigenvalue weighted by atomic mass is 9.91. The summed E-state index contributed by atoms with van der Waals surface area (Å²) in [6, 6.07) is 5.79. The SMILES string of the molecule is CC(=O)NCCCC[C@@H]1NC(=O)[C@H](Cc2c[nH]c3c(C)cccc23)NC(=O)[C@H]([C@@H](C)O)NC(=O)[C@H](CC(N)=O)NC(=O)[C@@H](NC(C)=O)C(C)(C)SSC(C)(C)[C@@H](C(=O)N[C@@H](Cc2ccc(OCCN)cc2)C(=O)N[C@@H](Cc2ccc3ccccc3c2)C(=O)N[C@@](C)(CCCCN)C(=O)N[C@@H](CCCCNC(C)=O)C(=O)N[C@@H](CC(N)=O)C(=O)N[C@H](CC(C)C)C(N)=O)NC1=O. The quantitative estimate of drug-likeness (QED) is 0.0174. The van der Waals surface area contributed by atoms with Crippen molar-refractivity contribution >= 4 is 144 Å². The highest BCUT2D eigenvalue weighted by atomic mass is 33.1. The number of nitrogens with two attached hydrogens (primary N) is 5. The molecule has 0 spiro atoms. The number of fused-ring (bicyclic) bond motifs is 2. The highest BCUT2D eigenvalue weighted by Crippen LogP contribution is 2.47. The summed E-state index contributed by atoms with van der Waals surface area (Å²) < 4.78 is 2.58. The van der Waals surface area contributed by atoms with Crippen LogP contribution in [0.4, 0.5) is 0 Å². The van der Waals surface area contributed by atoms with Gasteiger partial charge in [0.05, 0.1) is 18.9 Å². The van der Waals surface area contributed by atoms with Crippen LogP contribution in [0.1, 0.15) is 175 Å². The molecule has 6 rings (SSSR count). The molecule has 26 N–H and O–H groups in total. The molecule has 13 atom stereocenters. The molecule has 41 heteroatoms. The number of aromatic amines is 1. The van der Waals surface area contributed by atoms with Gasteiger partial charge in [0.15, 0.2) is 0 Å². The molecule has 0 saturated carbocycles. The van der Waals surface area contributed by atoms with E-state index in [1.807, 2.05) is 31.2 Å². The Bertz CT molecular complexity index is 4840. The van der Waals surface area contributed by atoms with Crippen LogP contribution >= 0.6 is 21.6 Å². The van der Waals surface area contributed by atoms with Gasteiger partial charge in [0, 0.05) is 86.3 Å². The lowest BCUT2D eigenvalue weighted by molar-refractivity contribution is -0.138. The summed E-state index contributed by atoms with van der Waals surface area (Å²) in [5, 5.41) is 51.0. The number of para-hydroxylation sites is 1. The van der Waals surface area contributed by atoms with Crippen molar-refractivity contribution < 1.29 is 91.4 Å². The second-order valence-corrected chi connectivity index (χ2v) is 37.9. The summed E-state index contributed by atoms with van der Waals surface area (Å²) in [5.74, 6) is -15.8. The van der Waals surface area contributed by atoms with Crippen LogP contribution in [0.3, 0.4) is 0 Å². The molecule has 5 aromatic rings. The predicted octanol–water partition coefficient (Wildman–Crippen LogP) is -0.420. The Hall–Kier alpha value is -11.9. The second-order valence-electron chi connectivity index (χ2n) is 34.4. The molecule has 0 bridgehead atoms. The first kappa shape index (κ1) is 107. The number of ether oxygens (including phenoxy) is 1. The maximum absolute atomic E-state index is 16.4. The third-order valence-electron chi connectivity index (χ3n) is 21.7. The van der Waals surface area contributed by atoms with E-state index >= 15 is 28.8 Å². The van der Waals surface area contributed by atoms with Gasteiger partial charge in [-0.05, 0) is 170 Å². The van der Waals surface area contributed by atoms with E-state index in [1.54, 1.807) is 80.7 Å². The number of carbonyl (C=O) groups is 17. The van der Waals surface area contributed by atoms with E-state index in [2.05, 4.69) is 79.4 Å². The van der Waals surface area contributed by atoms with E-state index < -0.39 is 189 Å². The number of hydrogen-bond acceptors (Lipinski definition) is 23. The molecule has 1 aliphatic rings. The molecule has 4 aromatic carbocycles. The Balaban J connectivity index is 1.54. The number of carbonyl (C=O) groups excluding carboxylic acids is 17. The molecule has 712 valence electrons. The third-order valence-corrected chi connectivity index (χ3v) is 26.0. The number of nitrogens with one attached hydrogen (secondary N) is 15. The number of amides is 17. The van der Waals surface area contributed by atoms with Crippen LogP contribution in [0.15, 0.2) is 91.1 Å². The Morgan fingerprint density at radius 3 is 1.75 bits per heavy atom. The fourth-order valence-electron chi connectivity index (χ4n) is 14.6. The van der Waals surface area contributed by atoms with Gasteiger partial charge in [-0.1, -0.05) is 108 Å². The van der Waals surface area contributed by atoms with Gasteiger partial charge in [0.2, 0.25) is 100 Å². The van der Waals surface area contributed by atoms with Crippen LogP contribution in [0.2, 0.25) is 0 Å². The number of aliphatic hydroxyl groups excluding tert-OH is 1. The third kappa shape index (κ3) is 33.8. The van der Waals surface area contributed by atoms with Crippen molar-refractivity contribution in [3.8, 4) is 5.75 Å². The fourth-order valence-corrected chi connectivity index (χ4v) is 17.4. The highest BCUT2D eigenvalue weighted by molar-refractivity contribution is 8.77. The molecule has 2 heterocycles. The largest absolute Gasteiger partial charge is 0.492 e. The minimum atomic E-state index is -2.02. The molecule has 1 aliphatic heterocycles. The molecule has 0 aliphatic carbocycles. The number of aliphatic hydroxyl groups is 1. The maximum Gasteiger partial charge on any atom is 0.246 e. The molecular weight excluding hydrogens is 1720 g/mol. The van der Waals surface area contributed by atoms with E-state index in [1.165, 1.54) is 48.5 Å². The molecule has 1 saturated heterocycles. The Morgan fingerprint density at radius 2 is 1.14 bits per heavy atom. The summed E-state index contributed by atoms with van der Waals surface area (Å²) >= 11 is 0. The van der Waals surface area contributed by atoms with Crippen molar-refractivity contribution in [3.63, 3.8) is 0 Å². The van der Waals surface area contributed by atoms with E-state index in [0.29, 0.717) is 39.8 Å². The number of aromatic nitrogens is 1. The summed E-state index contributed by atoms with van der Waals surface area (Å²) in [5.41, 5.74) is 29.6. The average Bonchev–Trinajstić information content (AvgIpc) is 1.42. The number of aryl methyl sites for hydroxylation is 1. The molecule has 0 unspecified atom stereocenters. The second kappa shape index (κ2) is 50.9. The normalized spacial score (nSPS) is 19.3. The minimum Gasteiger partial charge on any atom is -0.492 e. The van der Waals surface area contributed by atoms with Gasteiger partial charge in [-0.2, -0.15) is 0 Å². The zero-order chi connectivity index (χ0) is 96.5. The topological polar surface area (TPSA) is 634 Å². The monoisotopic (exact) mass is 1850 g/mol. The minimum absolute atomic E-state index is 0.0854. The lowest BCUT2D eigenvalue weighted by Crippen LogP contribution is -2.65. The van der Waals surface area contributed by atoms with Crippen molar-refractivity contribution in [1.82, 2.24) is 79.4 Å². The van der Waals surface area contributed by atoms with Crippen LogP contribution in [-0.4, -0.2) is 231 Å². The number of hydrogen-bond donors (Lipinski definition) is 21. The molecule has 0 radical (unpaired) electrons. The zero-order valence-corrected chi connectivity index (χ0v) is 77.4. The van der Waals surface area contributed by atoms with Crippen LogP contribution < -0.4 is 108 Å². The molecular formula is C89H130N20O19S2. The number of primary amides is 3. The molecule has 1 fully saturated rings. The van der Waals surface area contributed by atoms with Crippen molar-refractivity contribution in [3.05, 3.63) is 113 Å². The van der Waals surface area contributed by atoms with E-state index in [0.717, 1.165) is 51.8 Å². The standard InChI is InChI=1S/C89H130N20O19S2/c1-48(2)40-63(75(94)116)100-80(121)67(45-69(92)114)102-76(117)62(27-16-20-38-96-52(6)112)106-86(127)89(12,34-17-18-35-90)109-82(123)65(43-55-28-31-56-23-13-14-24-57(56)41-55)101-78(119)64(42-54-29-32-59(33-30-54)128-39-36-91)104-85(126)74-88(10,11)130-129-87(8,9)73(98-53(7)113)84(125)105-68(46-70(93)115)81(122)107-72(50(4)110)83(124)103-66(44-58-47-97-71-49(3)22-21-25-60(58)71)79(120)99-61(77(118)108-74)26-15-19-37-95-51(5)111/h13-14,21-25,28-33,41,47-48,50,61-68,72-74,97,110H,15-20,26-27,34-40,42-46,90-91H2,1-12H3,(H2,92,114)(H2,93,115)(H2,94,116)(H,95,111)(H,96,112)(H,98,113)(H,99,120)(H,100,121)(H,101,119)(H,102,117)(H,103,124)(H,104,126)(H,105,125)(H,106,127)(H,107,122)(H,108,118)(H,109,123)/t50-,61+,62+,63-,64+,65+,66+,67+,68+,72+,73-,74-,89+/m1/s1. The predicted molar refractivity (Wildman–Crippen MR) is 492 cm³/mol. The Labute approximate surface area is 764 Å². The van der Waals surface area contributed by atoms with E-state index in [9.17, 15) is 57.8 Å². The first-order chi connectivity index (χ1) is 61.2. The van der Waals surface area contributed by atoms with Gasteiger partial charge in [0.25, 0.3) is 0 Å². The maximum atomic E-state index is 16.4. The van der Waals surface area contributed by atoms with Gasteiger partial charge in [-0.25, -0.2) is 0 Å². The van der Waals surface area contributed by atoms with Crippen LogP contribution in [-0.2, 0) is 101 Å². The number of rotatable bonds is 44. The van der Waals surface area contributed by atoms with Crippen molar-refractivity contribution in [2.24, 2.45) is 34.6 Å². The highest BCUT2D eigenvalue weighted by Gasteiger charge is 2.47. The van der Waals surface area contributed by atoms with Gasteiger partial charge in [0.1, 0.15) is 84.4 Å². The fraction of sp³-hybridized carbons (Fsp3) is 0.539. The van der Waals surface area contributed by atoms with Crippen molar-refractivity contribution in [2.45, 2.75) is 267 Å². The molecule has 17 amide bonds. The molecule has 39 nitrogen and oxygen atoms in total. The van der Waals surface area contributed by atoms with Gasteiger partial charge >= 0.3 is 0 Å². The Morgan fingerprint density at radius 1 is 0.562 bits per heavy atom. The smallest absolute Gasteiger partial charge is 0.246 e. The lowest BCUT2D eigenvalue weighted by Gasteiger charge is -2.39. The van der Waals surface area contributed by atoms with E-state index in [4.69, 9.17) is 33.4 Å². The van der Waals surface area contributed by atoms with Crippen molar-refractivity contribution in [1.29, 1.82) is 0 Å². The van der Waals surface area contributed by atoms with Crippen LogP contribution in [0, 0.1) is 12.8 Å². The summed E-state index contributed by atoms with van der Waals surface area (Å²) in [7, 11) is 1.82. The first-order valence-electron chi connectivity index (χ1n) is 43.4. The molecule has 1 aromatic heterocycles. The average molecular weight is 1850 g/mol. The van der Waals surface area contributed by atoms with Crippen molar-refractivity contribution in [2.75, 3.05) is 32.8 Å². The summed E-state index contributed by atoms with van der Waals surface area (Å²) in [6.45, 7) is 18.4. The van der Waals surface area contributed by atoms with Crippen LogP contribution in [0.25, 0.3) is 21.7 Å². The number of unbranched alkanes of at least 4 members (excludes halogenated alkanes) is 3. The summed E-state index contributed by atoms with van der Waals surface area (Å²) in [4.78, 5) is 247. The number of benzene rings is 4. The van der Waals surface area contributed by atoms with E-state index in [-0.39, 0.29) is 128 Å². The van der Waals surface area contributed by atoms with Crippen LogP contribution in [0.5, 0.6) is 5.75 Å². The van der Waals surface area contributed by atoms with Gasteiger partial charge < -0.3 is 118 Å². The first-order valence-corrected chi connectivity index (χ1v) is 45.6. The zero-order valence-electron chi connectivity index (χ0n) is 75.8. The Kier molecular flexibility index (Phi) is 41.8. The number of H-pyrrole nitrogens is 1. The van der Waals surface area contributed by atoms with Gasteiger partial charge in [-0.15, -0.1) is 0 Å². The summed E-state index contributed by atoms with van der Waals surface area (Å²) in [6.07, 6.45) is -2.04.